The van der Waals surface area contributed by atoms with Gasteiger partial charge in [0, 0.05) is 12.8 Å². The highest BCUT2D eigenvalue weighted by atomic mass is 16.5. The molecule has 0 saturated heterocycles. The van der Waals surface area contributed by atoms with Crippen molar-refractivity contribution in [3.8, 4) is 0 Å². The van der Waals surface area contributed by atoms with E-state index in [1.807, 2.05) is 6.92 Å². The van der Waals surface area contributed by atoms with Crippen LogP contribution in [-0.2, 0) is 9.53 Å². The number of cyclic esters (lactones) is 1. The van der Waals surface area contributed by atoms with Crippen LogP contribution >= 0.6 is 0 Å². The minimum absolute atomic E-state index is 0.143. The predicted octanol–water partition coefficient (Wildman–Crippen LogP) is 2.97. The van der Waals surface area contributed by atoms with Gasteiger partial charge in [0.1, 0.15) is 6.10 Å². The summed E-state index contributed by atoms with van der Waals surface area (Å²) < 4.78 is 5.24. The Bertz CT molecular complexity index is 248. The lowest BCUT2D eigenvalue weighted by Gasteiger charge is -2.17. The van der Waals surface area contributed by atoms with Crippen LogP contribution in [-0.4, -0.2) is 23.3 Å². The van der Waals surface area contributed by atoms with Crippen LogP contribution in [0.1, 0.15) is 58.3 Å². The van der Waals surface area contributed by atoms with Gasteiger partial charge in [0.15, 0.2) is 0 Å². The molecule has 3 heteroatoms. The van der Waals surface area contributed by atoms with E-state index in [9.17, 15) is 9.90 Å². The van der Waals surface area contributed by atoms with Crippen molar-refractivity contribution < 1.29 is 14.6 Å². The quantitative estimate of drug-likeness (QED) is 0.523. The maximum atomic E-state index is 11.4. The smallest absolute Gasteiger partial charge is 0.306 e. The SMILES string of the molecule is C[C@H]1C[C@H](O)CCCC/C=C\CCCC(=O)O1. The van der Waals surface area contributed by atoms with E-state index in [1.54, 1.807) is 0 Å². The van der Waals surface area contributed by atoms with E-state index in [0.717, 1.165) is 38.5 Å². The molecular formula is C14H24O3. The summed E-state index contributed by atoms with van der Waals surface area (Å²) in [6.45, 7) is 1.85. The van der Waals surface area contributed by atoms with E-state index < -0.39 is 0 Å². The number of carbonyl (C=O) groups is 1. The molecule has 0 bridgehead atoms. The molecule has 0 fully saturated rings. The molecule has 3 nitrogen and oxygen atoms in total. The number of esters is 1. The zero-order valence-electron chi connectivity index (χ0n) is 10.7. The van der Waals surface area contributed by atoms with Crippen molar-refractivity contribution >= 4 is 5.97 Å². The molecule has 0 aromatic heterocycles. The summed E-state index contributed by atoms with van der Waals surface area (Å²) >= 11 is 0. The molecule has 1 aliphatic rings. The number of aliphatic hydroxyl groups is 1. The number of rotatable bonds is 0. The van der Waals surface area contributed by atoms with Gasteiger partial charge in [0.05, 0.1) is 6.10 Å². The maximum absolute atomic E-state index is 11.4. The first-order valence-corrected chi connectivity index (χ1v) is 6.71. The minimum atomic E-state index is -0.343. The molecule has 0 aliphatic carbocycles. The van der Waals surface area contributed by atoms with Gasteiger partial charge < -0.3 is 9.84 Å². The second-order valence-corrected chi connectivity index (χ2v) is 4.84. The van der Waals surface area contributed by atoms with Crippen molar-refractivity contribution in [2.45, 2.75) is 70.5 Å². The molecule has 0 aromatic carbocycles. The molecule has 0 radical (unpaired) electrons. The first-order chi connectivity index (χ1) is 8.18. The van der Waals surface area contributed by atoms with E-state index in [0.29, 0.717) is 12.8 Å². The molecule has 1 rings (SSSR count). The Balaban J connectivity index is 2.41. The molecule has 98 valence electrons. The molecule has 1 aliphatic heterocycles. The zero-order valence-corrected chi connectivity index (χ0v) is 10.7. The molecule has 17 heavy (non-hydrogen) atoms. The highest BCUT2D eigenvalue weighted by molar-refractivity contribution is 5.69. The third kappa shape index (κ3) is 7.16. The average Bonchev–Trinajstić information content (AvgIpc) is 2.25. The predicted molar refractivity (Wildman–Crippen MR) is 67.6 cm³/mol. The topological polar surface area (TPSA) is 46.5 Å². The number of hydrogen-bond acceptors (Lipinski definition) is 3. The van der Waals surface area contributed by atoms with Crippen molar-refractivity contribution in [3.05, 3.63) is 12.2 Å². The Hall–Kier alpha value is -0.830. The monoisotopic (exact) mass is 240 g/mol. The van der Waals surface area contributed by atoms with Gasteiger partial charge >= 0.3 is 5.97 Å². The Morgan fingerprint density at radius 3 is 2.71 bits per heavy atom. The van der Waals surface area contributed by atoms with E-state index in [1.165, 1.54) is 0 Å². The van der Waals surface area contributed by atoms with Gasteiger partial charge in [-0.15, -0.1) is 0 Å². The van der Waals surface area contributed by atoms with Gasteiger partial charge in [0.25, 0.3) is 0 Å². The summed E-state index contributed by atoms with van der Waals surface area (Å²) in [7, 11) is 0. The summed E-state index contributed by atoms with van der Waals surface area (Å²) in [5, 5.41) is 9.77. The Morgan fingerprint density at radius 1 is 1.24 bits per heavy atom. The van der Waals surface area contributed by atoms with Crippen LogP contribution in [0.4, 0.5) is 0 Å². The highest BCUT2D eigenvalue weighted by Crippen LogP contribution is 2.13. The van der Waals surface area contributed by atoms with Crippen molar-refractivity contribution in [2.24, 2.45) is 0 Å². The second kappa shape index (κ2) is 8.29. The normalized spacial score (nSPS) is 31.3. The molecular weight excluding hydrogens is 216 g/mol. The largest absolute Gasteiger partial charge is 0.463 e. The van der Waals surface area contributed by atoms with Crippen LogP contribution in [0.25, 0.3) is 0 Å². The van der Waals surface area contributed by atoms with Crippen LogP contribution in [0, 0.1) is 0 Å². The van der Waals surface area contributed by atoms with Gasteiger partial charge in [-0.2, -0.15) is 0 Å². The lowest BCUT2D eigenvalue weighted by molar-refractivity contribution is -0.149. The van der Waals surface area contributed by atoms with E-state index in [4.69, 9.17) is 4.74 Å². The average molecular weight is 240 g/mol. The fraction of sp³-hybridized carbons (Fsp3) is 0.786. The zero-order chi connectivity index (χ0) is 12.5. The molecule has 0 unspecified atom stereocenters. The lowest BCUT2D eigenvalue weighted by atomic mass is 10.0. The summed E-state index contributed by atoms with van der Waals surface area (Å²) in [5.41, 5.74) is 0. The van der Waals surface area contributed by atoms with Crippen LogP contribution in [0.2, 0.25) is 0 Å². The summed E-state index contributed by atoms with van der Waals surface area (Å²) in [6, 6.07) is 0. The van der Waals surface area contributed by atoms with Crippen molar-refractivity contribution in [1.29, 1.82) is 0 Å². The fourth-order valence-corrected chi connectivity index (χ4v) is 2.07. The molecule has 1 N–H and O–H groups in total. The van der Waals surface area contributed by atoms with Crippen LogP contribution in [0.5, 0.6) is 0 Å². The molecule has 0 saturated carbocycles. The summed E-state index contributed by atoms with van der Waals surface area (Å²) in [5.74, 6) is -0.143. The number of aliphatic hydroxyl groups excluding tert-OH is 1. The Morgan fingerprint density at radius 2 is 1.94 bits per heavy atom. The summed E-state index contributed by atoms with van der Waals surface area (Å²) in [6.07, 6.45) is 10.7. The standard InChI is InChI=1S/C14H24O3/c1-12-11-13(15)9-7-5-3-2-4-6-8-10-14(16)17-12/h2,4,12-13,15H,3,5-11H2,1H3/b4-2-/t12-,13+/m0/s1. The second-order valence-electron chi connectivity index (χ2n) is 4.84. The van der Waals surface area contributed by atoms with Crippen molar-refractivity contribution in [2.75, 3.05) is 0 Å². The molecule has 2 atom stereocenters. The molecule has 0 aromatic rings. The van der Waals surface area contributed by atoms with Gasteiger partial charge in [-0.05, 0) is 39.0 Å². The lowest BCUT2D eigenvalue weighted by Crippen LogP contribution is -2.21. The van der Waals surface area contributed by atoms with Crippen molar-refractivity contribution in [1.82, 2.24) is 0 Å². The fourth-order valence-electron chi connectivity index (χ4n) is 2.07. The number of ether oxygens (including phenoxy) is 1. The van der Waals surface area contributed by atoms with E-state index in [-0.39, 0.29) is 18.2 Å². The minimum Gasteiger partial charge on any atom is -0.463 e. The van der Waals surface area contributed by atoms with Gasteiger partial charge in [-0.25, -0.2) is 0 Å². The first kappa shape index (κ1) is 14.2. The number of carbonyl (C=O) groups excluding carboxylic acids is 1. The summed E-state index contributed by atoms with van der Waals surface area (Å²) in [4.78, 5) is 11.4. The van der Waals surface area contributed by atoms with Crippen LogP contribution in [0.3, 0.4) is 0 Å². The molecule has 1 heterocycles. The molecule has 0 spiro atoms. The van der Waals surface area contributed by atoms with E-state index in [2.05, 4.69) is 12.2 Å². The van der Waals surface area contributed by atoms with Crippen LogP contribution in [0.15, 0.2) is 12.2 Å². The molecule has 0 amide bonds. The maximum Gasteiger partial charge on any atom is 0.306 e. The van der Waals surface area contributed by atoms with E-state index >= 15 is 0 Å². The van der Waals surface area contributed by atoms with Gasteiger partial charge in [-0.3, -0.25) is 4.79 Å². The van der Waals surface area contributed by atoms with Crippen LogP contribution < -0.4 is 0 Å². The number of allylic oxidation sites excluding steroid dienone is 2. The first-order valence-electron chi connectivity index (χ1n) is 6.71. The third-order valence-electron chi connectivity index (χ3n) is 3.01. The van der Waals surface area contributed by atoms with Gasteiger partial charge in [0.2, 0.25) is 0 Å². The Labute approximate surface area is 104 Å². The van der Waals surface area contributed by atoms with Crippen molar-refractivity contribution in [3.63, 3.8) is 0 Å². The third-order valence-corrected chi connectivity index (χ3v) is 3.01. The Kier molecular flexibility index (Phi) is 6.94. The van der Waals surface area contributed by atoms with Gasteiger partial charge in [-0.1, -0.05) is 18.6 Å². The highest BCUT2D eigenvalue weighted by Gasteiger charge is 2.14. The number of hydrogen-bond donors (Lipinski definition) is 1.